The number of hydrogen-bond acceptors (Lipinski definition) is 4. The molecule has 1 N–H and O–H groups in total. The van der Waals surface area contributed by atoms with Gasteiger partial charge in [-0.25, -0.2) is 5.01 Å². The Morgan fingerprint density at radius 3 is 2.62 bits per heavy atom. The second-order valence-corrected chi connectivity index (χ2v) is 6.26. The van der Waals surface area contributed by atoms with Crippen LogP contribution in [0.5, 0.6) is 0 Å². The number of nitrogens with zero attached hydrogens (tertiary/aromatic N) is 3. The van der Waals surface area contributed by atoms with E-state index in [1.165, 1.54) is 17.9 Å². The molecule has 2 amide bonds. The molecule has 0 spiro atoms. The molecule has 1 saturated heterocycles. The number of carbonyl (C=O) groups is 2. The molecule has 1 aromatic rings. The summed E-state index contributed by atoms with van der Waals surface area (Å²) >= 11 is 0. The van der Waals surface area contributed by atoms with E-state index in [-0.39, 0.29) is 18.4 Å². The van der Waals surface area contributed by atoms with Crippen molar-refractivity contribution in [1.82, 2.24) is 15.2 Å². The van der Waals surface area contributed by atoms with E-state index in [0.717, 1.165) is 30.9 Å². The first-order valence-corrected chi connectivity index (χ1v) is 8.65. The molecule has 0 aliphatic carbocycles. The van der Waals surface area contributed by atoms with Crippen LogP contribution >= 0.6 is 0 Å². The van der Waals surface area contributed by atoms with Gasteiger partial charge in [-0.1, -0.05) is 30.3 Å². The van der Waals surface area contributed by atoms with Crippen LogP contribution in [-0.2, 0) is 9.59 Å². The summed E-state index contributed by atoms with van der Waals surface area (Å²) in [4.78, 5) is 26.4. The van der Waals surface area contributed by atoms with Gasteiger partial charge in [-0.2, -0.15) is 5.10 Å². The van der Waals surface area contributed by atoms with Crippen molar-refractivity contribution < 1.29 is 9.59 Å². The van der Waals surface area contributed by atoms with Gasteiger partial charge in [-0.15, -0.1) is 0 Å². The fraction of sp³-hybridized carbons (Fsp3) is 0.500. The number of amides is 2. The van der Waals surface area contributed by atoms with Crippen molar-refractivity contribution in [3.8, 4) is 0 Å². The van der Waals surface area contributed by atoms with E-state index in [1.54, 1.807) is 0 Å². The normalized spacial score (nSPS) is 18.6. The molecule has 0 atom stereocenters. The second kappa shape index (κ2) is 8.06. The highest BCUT2D eigenvalue weighted by Gasteiger charge is 2.23. The van der Waals surface area contributed by atoms with Gasteiger partial charge in [0.05, 0.1) is 5.71 Å². The van der Waals surface area contributed by atoms with Crippen molar-refractivity contribution in [2.75, 3.05) is 32.7 Å². The average molecular weight is 328 g/mol. The van der Waals surface area contributed by atoms with Crippen LogP contribution in [0.4, 0.5) is 0 Å². The van der Waals surface area contributed by atoms with Crippen molar-refractivity contribution in [2.24, 2.45) is 5.10 Å². The van der Waals surface area contributed by atoms with Crippen molar-refractivity contribution >= 4 is 17.5 Å². The van der Waals surface area contributed by atoms with Gasteiger partial charge in [0.1, 0.15) is 6.54 Å². The molecule has 6 nitrogen and oxygen atoms in total. The summed E-state index contributed by atoms with van der Waals surface area (Å²) in [7, 11) is 0. The first-order valence-electron chi connectivity index (χ1n) is 8.65. The van der Waals surface area contributed by atoms with E-state index in [2.05, 4.69) is 15.3 Å². The SMILES string of the molecule is O=C(CN1N=C(c2ccccc2)CCC1=O)NCCN1CCCC1. The minimum absolute atomic E-state index is 0.00479. The van der Waals surface area contributed by atoms with Gasteiger partial charge in [0.2, 0.25) is 11.8 Å². The Hall–Kier alpha value is -2.21. The van der Waals surface area contributed by atoms with Crippen LogP contribution in [0.1, 0.15) is 31.2 Å². The van der Waals surface area contributed by atoms with Gasteiger partial charge in [-0.3, -0.25) is 9.59 Å². The van der Waals surface area contributed by atoms with Gasteiger partial charge in [-0.05, 0) is 31.5 Å². The van der Waals surface area contributed by atoms with Crippen LogP contribution in [0.2, 0.25) is 0 Å². The highest BCUT2D eigenvalue weighted by atomic mass is 16.2. The van der Waals surface area contributed by atoms with Crippen LogP contribution in [0.25, 0.3) is 0 Å². The molecular weight excluding hydrogens is 304 g/mol. The summed E-state index contributed by atoms with van der Waals surface area (Å²) in [6, 6.07) is 9.79. The number of hydrogen-bond donors (Lipinski definition) is 1. The van der Waals surface area contributed by atoms with E-state index < -0.39 is 0 Å². The number of likely N-dealkylation sites (tertiary alicyclic amines) is 1. The lowest BCUT2D eigenvalue weighted by Gasteiger charge is -2.23. The van der Waals surface area contributed by atoms with Gasteiger partial charge in [0, 0.05) is 25.9 Å². The maximum absolute atomic E-state index is 12.1. The zero-order chi connectivity index (χ0) is 16.8. The Labute approximate surface area is 142 Å². The topological polar surface area (TPSA) is 65.0 Å². The fourth-order valence-electron chi connectivity index (χ4n) is 3.11. The zero-order valence-electron chi connectivity index (χ0n) is 13.9. The van der Waals surface area contributed by atoms with Crippen molar-refractivity contribution in [3.63, 3.8) is 0 Å². The Bertz CT molecular complexity index is 609. The number of rotatable bonds is 6. The molecule has 128 valence electrons. The predicted molar refractivity (Wildman–Crippen MR) is 92.6 cm³/mol. The maximum Gasteiger partial charge on any atom is 0.243 e. The van der Waals surface area contributed by atoms with Crippen molar-refractivity contribution in [2.45, 2.75) is 25.7 Å². The number of nitrogens with one attached hydrogen (secondary N) is 1. The van der Waals surface area contributed by atoms with E-state index >= 15 is 0 Å². The number of hydrazone groups is 1. The molecule has 3 rings (SSSR count). The maximum atomic E-state index is 12.1. The lowest BCUT2D eigenvalue weighted by atomic mass is 10.0. The van der Waals surface area contributed by atoms with Crippen LogP contribution < -0.4 is 5.32 Å². The quantitative estimate of drug-likeness (QED) is 0.854. The molecule has 0 aromatic heterocycles. The van der Waals surface area contributed by atoms with E-state index in [4.69, 9.17) is 0 Å². The first-order chi connectivity index (χ1) is 11.7. The molecule has 1 aromatic carbocycles. The summed E-state index contributed by atoms with van der Waals surface area (Å²) < 4.78 is 0. The Kier molecular flexibility index (Phi) is 5.59. The standard InChI is InChI=1S/C18H24N4O2/c23-17(19-10-13-21-11-4-5-12-21)14-22-18(24)9-8-16(20-22)15-6-2-1-3-7-15/h1-3,6-7H,4-5,8-14H2,(H,19,23). The van der Waals surface area contributed by atoms with E-state index in [1.807, 2.05) is 30.3 Å². The fourth-order valence-corrected chi connectivity index (χ4v) is 3.11. The summed E-state index contributed by atoms with van der Waals surface area (Å²) in [5.41, 5.74) is 1.87. The van der Waals surface area contributed by atoms with Crippen LogP contribution in [-0.4, -0.2) is 60.2 Å². The Balaban J connectivity index is 1.52. The third-order valence-corrected chi connectivity index (χ3v) is 4.45. The molecule has 24 heavy (non-hydrogen) atoms. The van der Waals surface area contributed by atoms with Crippen molar-refractivity contribution in [3.05, 3.63) is 35.9 Å². The zero-order valence-corrected chi connectivity index (χ0v) is 13.9. The molecule has 2 aliphatic heterocycles. The molecule has 2 aliphatic rings. The Morgan fingerprint density at radius 2 is 1.88 bits per heavy atom. The molecule has 2 heterocycles. The third-order valence-electron chi connectivity index (χ3n) is 4.45. The smallest absolute Gasteiger partial charge is 0.243 e. The highest BCUT2D eigenvalue weighted by molar-refractivity contribution is 6.04. The average Bonchev–Trinajstić information content (AvgIpc) is 3.11. The second-order valence-electron chi connectivity index (χ2n) is 6.26. The van der Waals surface area contributed by atoms with E-state index in [0.29, 0.717) is 19.4 Å². The highest BCUT2D eigenvalue weighted by Crippen LogP contribution is 2.14. The number of carbonyl (C=O) groups excluding carboxylic acids is 2. The lowest BCUT2D eigenvalue weighted by molar-refractivity contribution is -0.136. The van der Waals surface area contributed by atoms with Gasteiger partial charge < -0.3 is 10.2 Å². The van der Waals surface area contributed by atoms with Gasteiger partial charge in [0.15, 0.2) is 0 Å². The third kappa shape index (κ3) is 4.41. The van der Waals surface area contributed by atoms with Crippen LogP contribution in [0, 0.1) is 0 Å². The summed E-state index contributed by atoms with van der Waals surface area (Å²) in [6.45, 7) is 3.72. The number of benzene rings is 1. The first kappa shape index (κ1) is 16.6. The predicted octanol–water partition coefficient (Wildman–Crippen LogP) is 1.23. The minimum atomic E-state index is -0.152. The molecule has 0 radical (unpaired) electrons. The summed E-state index contributed by atoms with van der Waals surface area (Å²) in [5.74, 6) is -0.245. The molecule has 0 saturated carbocycles. The van der Waals surface area contributed by atoms with Gasteiger partial charge >= 0.3 is 0 Å². The summed E-state index contributed by atoms with van der Waals surface area (Å²) in [5, 5.41) is 8.58. The van der Waals surface area contributed by atoms with Crippen LogP contribution in [0.15, 0.2) is 35.4 Å². The lowest BCUT2D eigenvalue weighted by Crippen LogP contribution is -2.42. The molecule has 1 fully saturated rings. The monoisotopic (exact) mass is 328 g/mol. The largest absolute Gasteiger partial charge is 0.353 e. The molecule has 6 heteroatoms. The van der Waals surface area contributed by atoms with Crippen molar-refractivity contribution in [1.29, 1.82) is 0 Å². The molecule has 0 unspecified atom stereocenters. The van der Waals surface area contributed by atoms with Crippen LogP contribution in [0.3, 0.4) is 0 Å². The summed E-state index contributed by atoms with van der Waals surface area (Å²) in [6.07, 6.45) is 3.51. The van der Waals surface area contributed by atoms with E-state index in [9.17, 15) is 9.59 Å². The molecule has 0 bridgehead atoms. The molecular formula is C18H24N4O2. The Morgan fingerprint density at radius 1 is 1.12 bits per heavy atom. The van der Waals surface area contributed by atoms with Gasteiger partial charge in [0.25, 0.3) is 0 Å². The minimum Gasteiger partial charge on any atom is -0.353 e.